The van der Waals surface area contributed by atoms with Crippen LogP contribution in [-0.4, -0.2) is 45.7 Å². The van der Waals surface area contributed by atoms with Gasteiger partial charge in [-0.15, -0.1) is 0 Å². The Balaban J connectivity index is 0. The van der Waals surface area contributed by atoms with Crippen LogP contribution in [0.5, 0.6) is 0 Å². The summed E-state index contributed by atoms with van der Waals surface area (Å²) in [6, 6.07) is 0. The second kappa shape index (κ2) is 5.59. The van der Waals surface area contributed by atoms with E-state index in [1.807, 2.05) is 0 Å². The molecule has 7 nitrogen and oxygen atoms in total. The fourth-order valence-corrected chi connectivity index (χ4v) is 0.403. The van der Waals surface area contributed by atoms with E-state index in [-0.39, 0.29) is 5.48 Å². The standard InChI is InChI=1S/C4H8N2O4.H2O/c5-6(1-3(7)8)2-4(9)10;/h1-2,5H2,(H,7,8)(H,9,10);1H2. The van der Waals surface area contributed by atoms with Crippen LogP contribution in [0.3, 0.4) is 0 Å². The van der Waals surface area contributed by atoms with Crippen LogP contribution in [0.15, 0.2) is 0 Å². The molecule has 7 heteroatoms. The second-order valence-electron chi connectivity index (χ2n) is 1.69. The van der Waals surface area contributed by atoms with Gasteiger partial charge in [0.25, 0.3) is 0 Å². The van der Waals surface area contributed by atoms with Crippen molar-refractivity contribution in [2.75, 3.05) is 13.1 Å². The highest BCUT2D eigenvalue weighted by Crippen LogP contribution is 1.76. The lowest BCUT2D eigenvalue weighted by atomic mass is 10.5. The molecule has 0 aliphatic heterocycles. The Kier molecular flexibility index (Phi) is 6.35. The van der Waals surface area contributed by atoms with Crippen molar-refractivity contribution < 1.29 is 25.3 Å². The van der Waals surface area contributed by atoms with Gasteiger partial charge in [0.2, 0.25) is 0 Å². The first-order chi connectivity index (χ1) is 4.52. The van der Waals surface area contributed by atoms with Crippen molar-refractivity contribution in [3.63, 3.8) is 0 Å². The molecule has 0 amide bonds. The van der Waals surface area contributed by atoms with Crippen molar-refractivity contribution in [1.82, 2.24) is 5.01 Å². The lowest BCUT2D eigenvalue weighted by molar-refractivity contribution is -0.141. The molecule has 6 N–H and O–H groups in total. The average molecular weight is 166 g/mol. The topological polar surface area (TPSA) is 135 Å². The van der Waals surface area contributed by atoms with Crippen LogP contribution >= 0.6 is 0 Å². The Bertz CT molecular complexity index is 131. The van der Waals surface area contributed by atoms with Crippen LogP contribution in [0, 0.1) is 0 Å². The van der Waals surface area contributed by atoms with E-state index in [9.17, 15) is 9.59 Å². The summed E-state index contributed by atoms with van der Waals surface area (Å²) in [6.07, 6.45) is 0. The molecule has 0 bridgehead atoms. The second-order valence-corrected chi connectivity index (χ2v) is 1.69. The molecule has 0 aromatic heterocycles. The summed E-state index contributed by atoms with van der Waals surface area (Å²) in [5.41, 5.74) is 0. The molecule has 0 aromatic carbocycles. The third kappa shape index (κ3) is 8.82. The van der Waals surface area contributed by atoms with E-state index in [1.54, 1.807) is 0 Å². The summed E-state index contributed by atoms with van der Waals surface area (Å²) in [5.74, 6) is 2.65. The molecular formula is C4H10N2O5. The molecule has 66 valence electrons. The molecule has 0 aliphatic carbocycles. The molecule has 0 aromatic rings. The summed E-state index contributed by atoms with van der Waals surface area (Å²) >= 11 is 0. The minimum atomic E-state index is -1.15. The Morgan fingerprint density at radius 2 is 1.45 bits per heavy atom. The highest BCUT2D eigenvalue weighted by atomic mass is 16.4. The van der Waals surface area contributed by atoms with E-state index in [0.717, 1.165) is 0 Å². The predicted molar refractivity (Wildman–Crippen MR) is 34.6 cm³/mol. The van der Waals surface area contributed by atoms with Crippen molar-refractivity contribution in [3.05, 3.63) is 0 Å². The van der Waals surface area contributed by atoms with Gasteiger partial charge >= 0.3 is 11.9 Å². The predicted octanol–water partition coefficient (Wildman–Crippen LogP) is -2.49. The van der Waals surface area contributed by atoms with Gasteiger partial charge in [-0.05, 0) is 0 Å². The van der Waals surface area contributed by atoms with Gasteiger partial charge in [-0.3, -0.25) is 15.4 Å². The molecular weight excluding hydrogens is 156 g/mol. The number of carboxylic acid groups (broad SMARTS) is 2. The molecule has 0 radical (unpaired) electrons. The molecule has 0 saturated carbocycles. The monoisotopic (exact) mass is 166 g/mol. The van der Waals surface area contributed by atoms with E-state index in [0.29, 0.717) is 5.01 Å². The maximum absolute atomic E-state index is 9.88. The molecule has 0 unspecified atom stereocenters. The normalized spacial score (nSPS) is 8.91. The molecule has 0 atom stereocenters. The number of hydrogen-bond donors (Lipinski definition) is 3. The zero-order valence-corrected chi connectivity index (χ0v) is 5.65. The van der Waals surface area contributed by atoms with Crippen LogP contribution < -0.4 is 5.84 Å². The smallest absolute Gasteiger partial charge is 0.319 e. The third-order valence-corrected chi connectivity index (χ3v) is 0.677. The fourth-order valence-electron chi connectivity index (χ4n) is 0.403. The van der Waals surface area contributed by atoms with Crippen LogP contribution in [0.1, 0.15) is 0 Å². The summed E-state index contributed by atoms with van der Waals surface area (Å²) in [6.45, 7) is -0.932. The van der Waals surface area contributed by atoms with Gasteiger partial charge in [-0.1, -0.05) is 0 Å². The number of nitrogens with zero attached hydrogens (tertiary/aromatic N) is 1. The Labute approximate surface area is 62.3 Å². The molecule has 0 spiro atoms. The maximum atomic E-state index is 9.88. The van der Waals surface area contributed by atoms with Crippen molar-refractivity contribution >= 4 is 11.9 Å². The highest BCUT2D eigenvalue weighted by Gasteiger charge is 2.07. The number of carboxylic acids is 2. The summed E-state index contributed by atoms with van der Waals surface area (Å²) in [5, 5.41) is 16.9. The first-order valence-corrected chi connectivity index (χ1v) is 2.45. The van der Waals surface area contributed by atoms with Gasteiger partial charge in [-0.2, -0.15) is 0 Å². The molecule has 0 fully saturated rings. The van der Waals surface area contributed by atoms with E-state index < -0.39 is 25.0 Å². The lowest BCUT2D eigenvalue weighted by Crippen LogP contribution is -2.39. The van der Waals surface area contributed by atoms with Crippen LogP contribution in [-0.2, 0) is 9.59 Å². The number of nitrogens with two attached hydrogens (primary N) is 1. The summed E-state index contributed by atoms with van der Waals surface area (Å²) in [4.78, 5) is 19.8. The molecule has 0 heterocycles. The van der Waals surface area contributed by atoms with Gasteiger partial charge in [0.15, 0.2) is 0 Å². The number of hydrazine groups is 1. The van der Waals surface area contributed by atoms with E-state index in [2.05, 4.69) is 0 Å². The van der Waals surface area contributed by atoms with Crippen LogP contribution in [0.4, 0.5) is 0 Å². The summed E-state index contributed by atoms with van der Waals surface area (Å²) < 4.78 is 0. The van der Waals surface area contributed by atoms with Gasteiger partial charge in [0.05, 0.1) is 0 Å². The zero-order chi connectivity index (χ0) is 8.15. The van der Waals surface area contributed by atoms with Gasteiger partial charge in [0, 0.05) is 0 Å². The van der Waals surface area contributed by atoms with Crippen molar-refractivity contribution in [1.29, 1.82) is 0 Å². The van der Waals surface area contributed by atoms with E-state index in [4.69, 9.17) is 16.1 Å². The van der Waals surface area contributed by atoms with Crippen molar-refractivity contribution in [3.8, 4) is 0 Å². The first-order valence-electron chi connectivity index (χ1n) is 2.45. The van der Waals surface area contributed by atoms with Gasteiger partial charge < -0.3 is 15.7 Å². The number of rotatable bonds is 4. The summed E-state index contributed by atoms with van der Waals surface area (Å²) in [7, 11) is 0. The molecule has 0 saturated heterocycles. The highest BCUT2D eigenvalue weighted by molar-refractivity contribution is 5.72. The van der Waals surface area contributed by atoms with Gasteiger partial charge in [0.1, 0.15) is 13.1 Å². The fraction of sp³-hybridized carbons (Fsp3) is 0.500. The Morgan fingerprint density at radius 1 is 1.18 bits per heavy atom. The van der Waals surface area contributed by atoms with Crippen molar-refractivity contribution in [2.45, 2.75) is 0 Å². The molecule has 11 heavy (non-hydrogen) atoms. The SMILES string of the molecule is NN(CC(=O)O)CC(=O)O.O. The van der Waals surface area contributed by atoms with Crippen LogP contribution in [0.25, 0.3) is 0 Å². The average Bonchev–Trinajstić information content (AvgIpc) is 1.58. The van der Waals surface area contributed by atoms with E-state index >= 15 is 0 Å². The minimum Gasteiger partial charge on any atom is -0.480 e. The quantitative estimate of drug-likeness (QED) is 0.312. The minimum absolute atomic E-state index is 0. The first kappa shape index (κ1) is 12.5. The maximum Gasteiger partial charge on any atom is 0.319 e. The largest absolute Gasteiger partial charge is 0.480 e. The van der Waals surface area contributed by atoms with Gasteiger partial charge in [-0.25, -0.2) is 5.01 Å². The molecule has 0 rings (SSSR count). The lowest BCUT2D eigenvalue weighted by Gasteiger charge is -2.08. The van der Waals surface area contributed by atoms with E-state index in [1.165, 1.54) is 0 Å². The third-order valence-electron chi connectivity index (χ3n) is 0.677. The zero-order valence-electron chi connectivity index (χ0n) is 5.65. The number of carbonyl (C=O) groups is 2. The van der Waals surface area contributed by atoms with Crippen LogP contribution in [0.2, 0.25) is 0 Å². The Morgan fingerprint density at radius 3 is 1.64 bits per heavy atom. The number of hydrogen-bond acceptors (Lipinski definition) is 4. The van der Waals surface area contributed by atoms with Crippen molar-refractivity contribution in [2.24, 2.45) is 5.84 Å². The Hall–Kier alpha value is -1.18. The molecule has 0 aliphatic rings. The number of aliphatic carboxylic acids is 2.